The third kappa shape index (κ3) is 5.73. The van der Waals surface area contributed by atoms with Crippen molar-refractivity contribution in [2.45, 2.75) is 40.7 Å². The van der Waals surface area contributed by atoms with E-state index >= 15 is 0 Å². The molecule has 1 aromatic carbocycles. The van der Waals surface area contributed by atoms with Gasteiger partial charge in [-0.25, -0.2) is 4.79 Å². The Morgan fingerprint density at radius 2 is 1.61 bits per heavy atom. The van der Waals surface area contributed by atoms with Crippen LogP contribution in [0, 0.1) is 19.3 Å². The number of aliphatic carboxylic acids is 1. The highest BCUT2D eigenvalue weighted by Crippen LogP contribution is 2.17. The molecule has 1 aromatic rings. The maximum Gasteiger partial charge on any atom is 0.330 e. The molecule has 0 spiro atoms. The lowest BCUT2D eigenvalue weighted by Crippen LogP contribution is -2.44. The van der Waals surface area contributed by atoms with Gasteiger partial charge in [0.05, 0.1) is 6.54 Å². The van der Waals surface area contributed by atoms with Crippen LogP contribution in [0.5, 0.6) is 0 Å². The molecule has 1 unspecified atom stereocenters. The van der Waals surface area contributed by atoms with Crippen LogP contribution in [-0.2, 0) is 14.4 Å². The number of carboxylic acids is 1. The molecule has 0 saturated heterocycles. The van der Waals surface area contributed by atoms with Crippen LogP contribution in [0.2, 0.25) is 0 Å². The van der Waals surface area contributed by atoms with Crippen molar-refractivity contribution in [2.24, 2.45) is 5.41 Å². The first-order valence-electron chi connectivity index (χ1n) is 7.39. The number of benzene rings is 1. The molecule has 0 aromatic heterocycles. The van der Waals surface area contributed by atoms with Gasteiger partial charge in [0.25, 0.3) is 0 Å². The summed E-state index contributed by atoms with van der Waals surface area (Å²) >= 11 is 0. The fraction of sp³-hybridized carbons (Fsp3) is 0.471. The van der Waals surface area contributed by atoms with Crippen molar-refractivity contribution in [3.8, 4) is 0 Å². The van der Waals surface area contributed by atoms with Crippen LogP contribution in [0.1, 0.15) is 43.5 Å². The highest BCUT2D eigenvalue weighted by molar-refractivity contribution is 5.89. The van der Waals surface area contributed by atoms with E-state index in [-0.39, 0.29) is 12.5 Å². The average Bonchev–Trinajstić information content (AvgIpc) is 2.39. The fourth-order valence-corrected chi connectivity index (χ4v) is 2.10. The van der Waals surface area contributed by atoms with E-state index < -0.39 is 23.3 Å². The van der Waals surface area contributed by atoms with Crippen LogP contribution >= 0.6 is 0 Å². The summed E-state index contributed by atoms with van der Waals surface area (Å²) in [7, 11) is 0. The molecule has 0 saturated carbocycles. The highest BCUT2D eigenvalue weighted by Gasteiger charge is 2.24. The van der Waals surface area contributed by atoms with Gasteiger partial charge in [0, 0.05) is 5.41 Å². The lowest BCUT2D eigenvalue weighted by Gasteiger charge is -2.19. The molecular weight excluding hydrogens is 296 g/mol. The summed E-state index contributed by atoms with van der Waals surface area (Å²) in [5.41, 5.74) is 1.73. The summed E-state index contributed by atoms with van der Waals surface area (Å²) in [4.78, 5) is 35.1. The lowest BCUT2D eigenvalue weighted by atomic mass is 9.96. The second kappa shape index (κ2) is 7.26. The zero-order valence-electron chi connectivity index (χ0n) is 14.2. The standard InChI is InChI=1S/C17H24N2O4/c1-10-6-11(2)8-12(7-10)14(15(21)22)19-13(20)9-18-16(23)17(3,4)5/h6-8,14H,9H2,1-5H3,(H,18,23)(H,19,20)(H,21,22). The Hall–Kier alpha value is -2.37. The van der Waals surface area contributed by atoms with Crippen LogP contribution in [0.4, 0.5) is 0 Å². The molecule has 0 heterocycles. The number of hydrogen-bond acceptors (Lipinski definition) is 3. The Kier molecular flexibility index (Phi) is 5.90. The van der Waals surface area contributed by atoms with Crippen molar-refractivity contribution in [2.75, 3.05) is 6.54 Å². The van der Waals surface area contributed by atoms with E-state index in [9.17, 15) is 19.5 Å². The largest absolute Gasteiger partial charge is 0.479 e. The summed E-state index contributed by atoms with van der Waals surface area (Å²) in [5, 5.41) is 14.3. The predicted octanol–water partition coefficient (Wildman–Crippen LogP) is 1.71. The minimum atomic E-state index is -1.15. The Morgan fingerprint density at radius 1 is 1.09 bits per heavy atom. The number of aryl methyl sites for hydroxylation is 2. The molecule has 0 aliphatic carbocycles. The van der Waals surface area contributed by atoms with Crippen molar-refractivity contribution in [3.05, 3.63) is 34.9 Å². The van der Waals surface area contributed by atoms with Gasteiger partial charge >= 0.3 is 5.97 Å². The highest BCUT2D eigenvalue weighted by atomic mass is 16.4. The van der Waals surface area contributed by atoms with Crippen LogP contribution in [0.15, 0.2) is 18.2 Å². The van der Waals surface area contributed by atoms with E-state index in [1.54, 1.807) is 32.9 Å². The molecule has 23 heavy (non-hydrogen) atoms. The maximum absolute atomic E-state index is 11.9. The monoisotopic (exact) mass is 320 g/mol. The molecule has 0 bridgehead atoms. The molecule has 6 heteroatoms. The van der Waals surface area contributed by atoms with E-state index in [2.05, 4.69) is 10.6 Å². The molecular formula is C17H24N2O4. The molecule has 0 radical (unpaired) electrons. The Balaban J connectivity index is 2.79. The second-order valence-corrected chi connectivity index (χ2v) is 6.69. The van der Waals surface area contributed by atoms with Crippen molar-refractivity contribution >= 4 is 17.8 Å². The van der Waals surface area contributed by atoms with Crippen molar-refractivity contribution in [1.29, 1.82) is 0 Å². The van der Waals surface area contributed by atoms with Gasteiger partial charge in [-0.2, -0.15) is 0 Å². The molecule has 1 atom stereocenters. The van der Waals surface area contributed by atoms with Crippen LogP contribution in [0.3, 0.4) is 0 Å². The molecule has 2 amide bonds. The van der Waals surface area contributed by atoms with E-state index in [1.807, 2.05) is 19.9 Å². The molecule has 3 N–H and O–H groups in total. The zero-order chi connectivity index (χ0) is 17.8. The van der Waals surface area contributed by atoms with Gasteiger partial charge in [-0.15, -0.1) is 0 Å². The minimum absolute atomic E-state index is 0.259. The number of carbonyl (C=O) groups is 3. The second-order valence-electron chi connectivity index (χ2n) is 6.69. The van der Waals surface area contributed by atoms with Gasteiger partial charge in [0.2, 0.25) is 11.8 Å². The van der Waals surface area contributed by atoms with Crippen molar-refractivity contribution in [3.63, 3.8) is 0 Å². The number of carbonyl (C=O) groups excluding carboxylic acids is 2. The molecule has 0 fully saturated rings. The van der Waals surface area contributed by atoms with Crippen LogP contribution in [0.25, 0.3) is 0 Å². The molecule has 0 aliphatic heterocycles. The Labute approximate surface area is 136 Å². The topological polar surface area (TPSA) is 95.5 Å². The number of nitrogens with one attached hydrogen (secondary N) is 2. The molecule has 0 aliphatic rings. The third-order valence-electron chi connectivity index (χ3n) is 3.22. The normalized spacial score (nSPS) is 12.4. The van der Waals surface area contributed by atoms with Gasteiger partial charge in [-0.05, 0) is 19.4 Å². The van der Waals surface area contributed by atoms with Crippen LogP contribution in [-0.4, -0.2) is 29.4 Å². The van der Waals surface area contributed by atoms with Gasteiger partial charge in [0.1, 0.15) is 0 Å². The van der Waals surface area contributed by atoms with Gasteiger partial charge in [-0.1, -0.05) is 50.1 Å². The number of hydrogen-bond donors (Lipinski definition) is 3. The van der Waals surface area contributed by atoms with E-state index in [0.29, 0.717) is 5.56 Å². The van der Waals surface area contributed by atoms with Gasteiger partial charge < -0.3 is 15.7 Å². The van der Waals surface area contributed by atoms with Crippen molar-refractivity contribution in [1.82, 2.24) is 10.6 Å². The molecule has 6 nitrogen and oxygen atoms in total. The Morgan fingerprint density at radius 3 is 2.04 bits per heavy atom. The SMILES string of the molecule is Cc1cc(C)cc(C(NC(=O)CNC(=O)C(C)(C)C)C(=O)O)c1. The van der Waals surface area contributed by atoms with E-state index in [4.69, 9.17) is 0 Å². The smallest absolute Gasteiger partial charge is 0.330 e. The summed E-state index contributed by atoms with van der Waals surface area (Å²) in [6, 6.07) is 4.22. The average molecular weight is 320 g/mol. The summed E-state index contributed by atoms with van der Waals surface area (Å²) in [5.74, 6) is -1.97. The lowest BCUT2D eigenvalue weighted by molar-refractivity contribution is -0.142. The van der Waals surface area contributed by atoms with E-state index in [1.165, 1.54) is 0 Å². The summed E-state index contributed by atoms with van der Waals surface area (Å²) < 4.78 is 0. The van der Waals surface area contributed by atoms with Gasteiger partial charge in [0.15, 0.2) is 6.04 Å². The molecule has 1 rings (SSSR count). The van der Waals surface area contributed by atoms with E-state index in [0.717, 1.165) is 11.1 Å². The minimum Gasteiger partial charge on any atom is -0.479 e. The predicted molar refractivity (Wildman–Crippen MR) is 86.9 cm³/mol. The summed E-state index contributed by atoms with van der Waals surface area (Å²) in [6.07, 6.45) is 0. The number of rotatable bonds is 5. The first-order valence-corrected chi connectivity index (χ1v) is 7.39. The number of carboxylic acid groups (broad SMARTS) is 1. The third-order valence-corrected chi connectivity index (χ3v) is 3.22. The van der Waals surface area contributed by atoms with Crippen LogP contribution < -0.4 is 10.6 Å². The number of amides is 2. The first-order chi connectivity index (χ1) is 10.5. The van der Waals surface area contributed by atoms with Crippen molar-refractivity contribution < 1.29 is 19.5 Å². The maximum atomic E-state index is 11.9. The fourth-order valence-electron chi connectivity index (χ4n) is 2.10. The zero-order valence-corrected chi connectivity index (χ0v) is 14.2. The van der Waals surface area contributed by atoms with Gasteiger partial charge in [-0.3, -0.25) is 9.59 Å². The quantitative estimate of drug-likeness (QED) is 0.769. The first kappa shape index (κ1) is 18.7. The summed E-state index contributed by atoms with van der Waals surface area (Å²) in [6.45, 7) is 8.66. The Bertz CT molecular complexity index is 597. The molecule has 126 valence electrons.